The number of rotatable bonds is 1. The largest absolute Gasteiger partial charge is 0.507 e. The molecule has 0 aliphatic rings. The molecule has 14 heavy (non-hydrogen) atoms. The van der Waals surface area contributed by atoms with Crippen molar-refractivity contribution in [2.24, 2.45) is 0 Å². The van der Waals surface area contributed by atoms with Gasteiger partial charge in [-0.3, -0.25) is 0 Å². The Labute approximate surface area is 80.4 Å². The van der Waals surface area contributed by atoms with E-state index in [9.17, 15) is 4.79 Å². The van der Waals surface area contributed by atoms with Gasteiger partial charge in [-0.05, 0) is 18.2 Å². The third-order valence-electron chi connectivity index (χ3n) is 1.54. The van der Waals surface area contributed by atoms with Crippen LogP contribution in [-0.2, 0) is 0 Å². The zero-order valence-corrected chi connectivity index (χ0v) is 7.19. The number of aliphatic hydroxyl groups is 1. The first-order valence-corrected chi connectivity index (χ1v) is 3.81. The van der Waals surface area contributed by atoms with Gasteiger partial charge < -0.3 is 15.3 Å². The lowest BCUT2D eigenvalue weighted by Gasteiger charge is -1.98. The third-order valence-corrected chi connectivity index (χ3v) is 1.54. The Morgan fingerprint density at radius 2 is 2.14 bits per heavy atom. The molecule has 0 amide bonds. The molecule has 0 aromatic heterocycles. The van der Waals surface area contributed by atoms with Crippen LogP contribution in [0.5, 0.6) is 5.75 Å². The lowest BCUT2D eigenvalue weighted by Crippen LogP contribution is -1.97. The van der Waals surface area contributed by atoms with Crippen LogP contribution < -0.4 is 0 Å². The van der Waals surface area contributed by atoms with E-state index in [4.69, 9.17) is 15.3 Å². The number of aliphatic hydroxyl groups excluding tert-OH is 1. The van der Waals surface area contributed by atoms with Crippen molar-refractivity contribution < 1.29 is 20.1 Å². The SMILES string of the molecule is O=C(O)c1cc(C#CCO)ccc1O. The minimum atomic E-state index is -1.21. The van der Waals surface area contributed by atoms with E-state index in [1.807, 2.05) is 0 Å². The molecule has 0 saturated carbocycles. The highest BCUT2D eigenvalue weighted by molar-refractivity contribution is 5.91. The van der Waals surface area contributed by atoms with Gasteiger partial charge in [-0.1, -0.05) is 11.8 Å². The standard InChI is InChI=1S/C10H8O4/c11-5-1-2-7-3-4-9(12)8(6-7)10(13)14/h3-4,6,11-12H,5H2,(H,13,14). The van der Waals surface area contributed by atoms with Crippen LogP contribution in [0.15, 0.2) is 18.2 Å². The van der Waals surface area contributed by atoms with Gasteiger partial charge in [0.25, 0.3) is 0 Å². The van der Waals surface area contributed by atoms with E-state index in [2.05, 4.69) is 11.8 Å². The number of carboxylic acids is 1. The predicted octanol–water partition coefficient (Wildman–Crippen LogP) is 0.434. The van der Waals surface area contributed by atoms with Gasteiger partial charge in [0.15, 0.2) is 0 Å². The van der Waals surface area contributed by atoms with E-state index in [0.29, 0.717) is 5.56 Å². The molecule has 1 aromatic carbocycles. The molecule has 4 nitrogen and oxygen atoms in total. The number of benzene rings is 1. The Kier molecular flexibility index (Phi) is 3.10. The molecular weight excluding hydrogens is 184 g/mol. The number of carbonyl (C=O) groups is 1. The summed E-state index contributed by atoms with van der Waals surface area (Å²) in [5, 5.41) is 26.2. The van der Waals surface area contributed by atoms with Gasteiger partial charge in [0.05, 0.1) is 0 Å². The summed E-state index contributed by atoms with van der Waals surface area (Å²) in [6.07, 6.45) is 0. The monoisotopic (exact) mass is 192 g/mol. The minimum Gasteiger partial charge on any atom is -0.507 e. The van der Waals surface area contributed by atoms with Crippen LogP contribution in [0.4, 0.5) is 0 Å². The first kappa shape index (κ1) is 10.1. The summed E-state index contributed by atoms with van der Waals surface area (Å²) >= 11 is 0. The molecule has 0 bridgehead atoms. The molecule has 0 radical (unpaired) electrons. The average Bonchev–Trinajstić information content (AvgIpc) is 2.16. The normalized spacial score (nSPS) is 8.93. The predicted molar refractivity (Wildman–Crippen MR) is 49.0 cm³/mol. The third kappa shape index (κ3) is 2.25. The number of hydrogen-bond donors (Lipinski definition) is 3. The quantitative estimate of drug-likeness (QED) is 0.564. The summed E-state index contributed by atoms with van der Waals surface area (Å²) in [5.41, 5.74) is 0.240. The molecule has 0 unspecified atom stereocenters. The van der Waals surface area contributed by atoms with E-state index >= 15 is 0 Å². The maximum atomic E-state index is 10.6. The van der Waals surface area contributed by atoms with Crippen LogP contribution in [0, 0.1) is 11.8 Å². The second-order valence-corrected chi connectivity index (χ2v) is 2.50. The second kappa shape index (κ2) is 4.30. The number of aromatic carboxylic acids is 1. The lowest BCUT2D eigenvalue weighted by molar-refractivity contribution is 0.0693. The highest BCUT2D eigenvalue weighted by Gasteiger charge is 2.08. The highest BCUT2D eigenvalue weighted by Crippen LogP contribution is 2.17. The van der Waals surface area contributed by atoms with Crippen molar-refractivity contribution >= 4 is 5.97 Å². The average molecular weight is 192 g/mol. The van der Waals surface area contributed by atoms with Crippen molar-refractivity contribution in [1.82, 2.24) is 0 Å². The van der Waals surface area contributed by atoms with Gasteiger partial charge in [0.1, 0.15) is 17.9 Å². The van der Waals surface area contributed by atoms with E-state index in [0.717, 1.165) is 0 Å². The molecule has 0 saturated heterocycles. The first-order valence-electron chi connectivity index (χ1n) is 3.81. The molecule has 1 rings (SSSR count). The molecule has 0 aliphatic heterocycles. The second-order valence-electron chi connectivity index (χ2n) is 2.50. The van der Waals surface area contributed by atoms with Crippen molar-refractivity contribution in [2.45, 2.75) is 0 Å². The number of aromatic hydroxyl groups is 1. The van der Waals surface area contributed by atoms with Gasteiger partial charge in [0, 0.05) is 5.56 Å². The van der Waals surface area contributed by atoms with Gasteiger partial charge in [-0.15, -0.1) is 0 Å². The highest BCUT2D eigenvalue weighted by atomic mass is 16.4. The Balaban J connectivity index is 3.13. The molecule has 1 aromatic rings. The van der Waals surface area contributed by atoms with Crippen LogP contribution in [-0.4, -0.2) is 27.9 Å². The minimum absolute atomic E-state index is 0.199. The summed E-state index contributed by atoms with van der Waals surface area (Å²) in [5.74, 6) is 3.41. The molecule has 0 fully saturated rings. The lowest BCUT2D eigenvalue weighted by atomic mass is 10.1. The van der Waals surface area contributed by atoms with E-state index in [1.54, 1.807) is 0 Å². The summed E-state index contributed by atoms with van der Waals surface area (Å²) in [7, 11) is 0. The fourth-order valence-electron chi connectivity index (χ4n) is 0.927. The zero-order valence-electron chi connectivity index (χ0n) is 7.19. The summed E-state index contributed by atoms with van der Waals surface area (Å²) < 4.78 is 0. The number of carboxylic acid groups (broad SMARTS) is 1. The summed E-state index contributed by atoms with van der Waals surface area (Å²) in [4.78, 5) is 10.6. The first-order chi connectivity index (χ1) is 6.65. The van der Waals surface area contributed by atoms with E-state index < -0.39 is 5.97 Å². The van der Waals surface area contributed by atoms with Gasteiger partial charge in [-0.2, -0.15) is 0 Å². The van der Waals surface area contributed by atoms with E-state index in [-0.39, 0.29) is 17.9 Å². The zero-order chi connectivity index (χ0) is 10.6. The van der Waals surface area contributed by atoms with Crippen molar-refractivity contribution in [1.29, 1.82) is 0 Å². The maximum Gasteiger partial charge on any atom is 0.339 e. The van der Waals surface area contributed by atoms with Crippen molar-refractivity contribution in [3.63, 3.8) is 0 Å². The molecule has 0 spiro atoms. The Morgan fingerprint density at radius 3 is 2.71 bits per heavy atom. The van der Waals surface area contributed by atoms with Crippen molar-refractivity contribution in [3.05, 3.63) is 29.3 Å². The van der Waals surface area contributed by atoms with Crippen LogP contribution >= 0.6 is 0 Å². The van der Waals surface area contributed by atoms with Crippen LogP contribution in [0.1, 0.15) is 15.9 Å². The van der Waals surface area contributed by atoms with E-state index in [1.165, 1.54) is 18.2 Å². The topological polar surface area (TPSA) is 77.8 Å². The molecule has 4 heteroatoms. The Morgan fingerprint density at radius 1 is 1.43 bits per heavy atom. The molecule has 0 heterocycles. The summed E-state index contributed by atoms with van der Waals surface area (Å²) in [6, 6.07) is 3.98. The number of hydrogen-bond acceptors (Lipinski definition) is 3. The molecule has 72 valence electrons. The summed E-state index contributed by atoms with van der Waals surface area (Å²) in [6.45, 7) is -0.288. The Hall–Kier alpha value is -1.99. The van der Waals surface area contributed by atoms with Crippen LogP contribution in [0.25, 0.3) is 0 Å². The maximum absolute atomic E-state index is 10.6. The van der Waals surface area contributed by atoms with Gasteiger partial charge in [-0.25, -0.2) is 4.79 Å². The fourth-order valence-corrected chi connectivity index (χ4v) is 0.927. The smallest absolute Gasteiger partial charge is 0.339 e. The molecule has 0 atom stereocenters. The molecular formula is C10H8O4. The van der Waals surface area contributed by atoms with Gasteiger partial charge in [0.2, 0.25) is 0 Å². The molecule has 0 aliphatic carbocycles. The fraction of sp³-hybridized carbons (Fsp3) is 0.100. The molecule has 3 N–H and O–H groups in total. The van der Waals surface area contributed by atoms with Crippen LogP contribution in [0.2, 0.25) is 0 Å². The Bertz CT molecular complexity index is 412. The van der Waals surface area contributed by atoms with Gasteiger partial charge >= 0.3 is 5.97 Å². The van der Waals surface area contributed by atoms with Crippen molar-refractivity contribution in [3.8, 4) is 17.6 Å². The number of phenols is 1. The van der Waals surface area contributed by atoms with Crippen LogP contribution in [0.3, 0.4) is 0 Å². The van der Waals surface area contributed by atoms with Crippen molar-refractivity contribution in [2.75, 3.05) is 6.61 Å².